The number of nitroso groups, excluding NO2 is 1. The van der Waals surface area contributed by atoms with Gasteiger partial charge in [0.1, 0.15) is 0 Å². The molecule has 0 radical (unpaired) electrons. The number of fused-ring (bicyclic) bond motifs is 1. The smallest absolute Gasteiger partial charge is 0.250 e. The van der Waals surface area contributed by atoms with E-state index >= 15 is 0 Å². The normalized spacial score (nSPS) is 37.2. The van der Waals surface area contributed by atoms with E-state index in [9.17, 15) is 9.70 Å². The summed E-state index contributed by atoms with van der Waals surface area (Å²) in [6.07, 6.45) is 4.52. The number of Topliss-reactive ketones (excluding diaryl/α,β-unsaturated/α-hetero) is 1. The molecule has 3 heteroatoms. The van der Waals surface area contributed by atoms with E-state index in [1.807, 2.05) is 12.2 Å². The van der Waals surface area contributed by atoms with Crippen LogP contribution < -0.4 is 0 Å². The Bertz CT molecular complexity index is 232. The third-order valence-corrected chi connectivity index (χ3v) is 2.19. The number of ketones is 1. The fourth-order valence-corrected chi connectivity index (χ4v) is 1.63. The largest absolute Gasteiger partial charge is 0.292 e. The zero-order chi connectivity index (χ0) is 7.14. The summed E-state index contributed by atoms with van der Waals surface area (Å²) in [5.41, 5.74) is 0. The Balaban J connectivity index is 2.33. The lowest BCUT2D eigenvalue weighted by Gasteiger charge is -1.94. The van der Waals surface area contributed by atoms with Crippen molar-refractivity contribution in [2.24, 2.45) is 5.92 Å². The number of hydrogen-bond donors (Lipinski definition) is 0. The van der Waals surface area contributed by atoms with Gasteiger partial charge >= 0.3 is 0 Å². The van der Waals surface area contributed by atoms with E-state index in [0.29, 0.717) is 0 Å². The van der Waals surface area contributed by atoms with Crippen LogP contribution in [0.5, 0.6) is 0 Å². The molecule has 2 rings (SSSR count). The topological polar surface area (TPSA) is 37.1 Å². The van der Waals surface area contributed by atoms with Gasteiger partial charge < -0.3 is 0 Å². The molecule has 1 aliphatic heterocycles. The third-order valence-electron chi connectivity index (χ3n) is 2.19. The zero-order valence-electron chi connectivity index (χ0n) is 5.49. The molecule has 52 valence electrons. The third kappa shape index (κ3) is 0.574. The van der Waals surface area contributed by atoms with Gasteiger partial charge in [-0.3, -0.25) is 4.79 Å². The first kappa shape index (κ1) is 5.77. The number of rotatable bonds is 0. The average molecular weight is 138 g/mol. The Morgan fingerprint density at radius 1 is 1.60 bits per heavy atom. The molecule has 1 fully saturated rings. The van der Waals surface area contributed by atoms with Gasteiger partial charge in [-0.15, -0.1) is 0 Å². The van der Waals surface area contributed by atoms with E-state index < -0.39 is 0 Å². The second-order valence-corrected chi connectivity index (χ2v) is 2.80. The minimum Gasteiger partial charge on any atom is -0.292 e. The summed E-state index contributed by atoms with van der Waals surface area (Å²) in [7, 11) is 0. The Morgan fingerprint density at radius 3 is 3.10 bits per heavy atom. The minimum atomic E-state index is -0.132. The van der Waals surface area contributed by atoms with Crippen LogP contribution in [-0.4, -0.2) is 23.1 Å². The van der Waals surface area contributed by atoms with Crippen LogP contribution in [0.3, 0.4) is 0 Å². The van der Waals surface area contributed by atoms with Gasteiger partial charge in [-0.1, -0.05) is 6.08 Å². The van der Waals surface area contributed by atoms with Gasteiger partial charge in [-0.25, -0.2) is 0 Å². The summed E-state index contributed by atoms with van der Waals surface area (Å²) >= 11 is 0. The Kier molecular flexibility index (Phi) is 1.01. The van der Waals surface area contributed by atoms with Crippen LogP contribution in [0.2, 0.25) is 0 Å². The molecule has 1 aliphatic carbocycles. The summed E-state index contributed by atoms with van der Waals surface area (Å²) in [5, 5.41) is 0. The van der Waals surface area contributed by atoms with Gasteiger partial charge in [0.15, 0.2) is 0 Å². The van der Waals surface area contributed by atoms with Crippen molar-refractivity contribution in [1.82, 2.24) is 0 Å². The summed E-state index contributed by atoms with van der Waals surface area (Å²) in [6.45, 7) is 0.0969. The fourth-order valence-electron chi connectivity index (χ4n) is 1.63. The maximum absolute atomic E-state index is 11.0. The Labute approximate surface area is 58.3 Å². The molecule has 10 heavy (non-hydrogen) atoms. The maximum Gasteiger partial charge on any atom is 0.250 e. The highest BCUT2D eigenvalue weighted by atomic mass is 16.3. The van der Waals surface area contributed by atoms with Crippen LogP contribution in [0.15, 0.2) is 12.2 Å². The molecule has 0 aromatic rings. The first-order chi connectivity index (χ1) is 4.79. The quantitative estimate of drug-likeness (QED) is 0.356. The predicted octanol–water partition coefficient (Wildman–Crippen LogP) is 0.293. The molecule has 0 N–H and O–H groups in total. The second-order valence-electron chi connectivity index (χ2n) is 2.80. The SMILES string of the molecule is O=C1C[N+](=O)C2C=CCC12. The molecule has 0 spiro atoms. The summed E-state index contributed by atoms with van der Waals surface area (Å²) < 4.78 is 0.872. The van der Waals surface area contributed by atoms with Crippen LogP contribution in [-0.2, 0) is 4.79 Å². The molecule has 3 nitrogen and oxygen atoms in total. The monoisotopic (exact) mass is 138 g/mol. The molecule has 0 saturated carbocycles. The van der Waals surface area contributed by atoms with E-state index in [1.165, 1.54) is 0 Å². The van der Waals surface area contributed by atoms with Crippen LogP contribution in [0.25, 0.3) is 0 Å². The van der Waals surface area contributed by atoms with E-state index in [4.69, 9.17) is 0 Å². The highest BCUT2D eigenvalue weighted by Gasteiger charge is 2.48. The Morgan fingerprint density at radius 2 is 2.40 bits per heavy atom. The van der Waals surface area contributed by atoms with Gasteiger partial charge in [-0.05, 0) is 12.5 Å². The van der Waals surface area contributed by atoms with Gasteiger partial charge in [0.2, 0.25) is 11.8 Å². The van der Waals surface area contributed by atoms with Crippen molar-refractivity contribution >= 4 is 5.78 Å². The molecule has 2 atom stereocenters. The molecular weight excluding hydrogens is 130 g/mol. The molecule has 1 saturated heterocycles. The molecule has 1 heterocycles. The molecule has 2 unspecified atom stereocenters. The van der Waals surface area contributed by atoms with Crippen molar-refractivity contribution in [3.63, 3.8) is 0 Å². The first-order valence-electron chi connectivity index (χ1n) is 3.42. The van der Waals surface area contributed by atoms with Crippen LogP contribution in [0.4, 0.5) is 0 Å². The fraction of sp³-hybridized carbons (Fsp3) is 0.571. The summed E-state index contributed by atoms with van der Waals surface area (Å²) in [5.74, 6) is 0.0856. The number of allylic oxidation sites excluding steroid dienone is 1. The van der Waals surface area contributed by atoms with Crippen molar-refractivity contribution in [3.8, 4) is 0 Å². The average Bonchev–Trinajstić information content (AvgIpc) is 2.39. The highest BCUT2D eigenvalue weighted by Crippen LogP contribution is 2.27. The number of carbonyl (C=O) groups is 1. The molecular formula is C7H8NO2+. The minimum absolute atomic E-state index is 0.0162. The van der Waals surface area contributed by atoms with Crippen molar-refractivity contribution < 1.29 is 9.55 Å². The lowest BCUT2D eigenvalue weighted by molar-refractivity contribution is -0.552. The number of nitrogens with zero attached hydrogens (tertiary/aromatic N) is 1. The van der Waals surface area contributed by atoms with Gasteiger partial charge in [0.05, 0.1) is 5.92 Å². The van der Waals surface area contributed by atoms with Crippen molar-refractivity contribution in [2.45, 2.75) is 12.5 Å². The van der Waals surface area contributed by atoms with E-state index in [1.54, 1.807) is 0 Å². The van der Waals surface area contributed by atoms with Crippen LogP contribution in [0.1, 0.15) is 6.42 Å². The first-order valence-corrected chi connectivity index (χ1v) is 3.42. The predicted molar refractivity (Wildman–Crippen MR) is 34.5 cm³/mol. The highest BCUT2D eigenvalue weighted by molar-refractivity contribution is 5.85. The van der Waals surface area contributed by atoms with E-state index in [2.05, 4.69) is 0 Å². The number of carbonyl (C=O) groups excluding carboxylic acids is 1. The standard InChI is InChI=1S/C7H8NO2/c9-7-4-8(10)6-3-1-2-5(6)7/h1,3,5-6H,2,4H2/q+1. The Hall–Kier alpha value is -0.990. The molecule has 2 aliphatic rings. The molecule has 0 amide bonds. The van der Waals surface area contributed by atoms with E-state index in [-0.39, 0.29) is 24.3 Å². The van der Waals surface area contributed by atoms with Crippen LogP contribution in [0, 0.1) is 10.8 Å². The summed E-state index contributed by atoms with van der Waals surface area (Å²) in [6, 6.07) is -0.132. The number of hydrogen-bond acceptors (Lipinski definition) is 2. The van der Waals surface area contributed by atoms with Crippen molar-refractivity contribution in [1.29, 1.82) is 0 Å². The molecule has 0 bridgehead atoms. The van der Waals surface area contributed by atoms with Crippen molar-refractivity contribution in [2.75, 3.05) is 6.54 Å². The van der Waals surface area contributed by atoms with Crippen LogP contribution >= 0.6 is 0 Å². The second kappa shape index (κ2) is 1.75. The van der Waals surface area contributed by atoms with Gasteiger partial charge in [0, 0.05) is 9.67 Å². The van der Waals surface area contributed by atoms with Crippen molar-refractivity contribution in [3.05, 3.63) is 17.1 Å². The van der Waals surface area contributed by atoms with Gasteiger partial charge in [0.25, 0.3) is 6.54 Å². The molecule has 0 aromatic carbocycles. The lowest BCUT2D eigenvalue weighted by atomic mass is 10.0. The van der Waals surface area contributed by atoms with E-state index in [0.717, 1.165) is 11.2 Å². The summed E-state index contributed by atoms with van der Waals surface area (Å²) in [4.78, 5) is 21.9. The van der Waals surface area contributed by atoms with Gasteiger partial charge in [-0.2, -0.15) is 0 Å². The molecule has 0 aromatic heterocycles. The lowest BCUT2D eigenvalue weighted by Crippen LogP contribution is -2.17. The maximum atomic E-state index is 11.0. The zero-order valence-corrected chi connectivity index (χ0v) is 5.49.